The van der Waals surface area contributed by atoms with Crippen LogP contribution in [0, 0.1) is 12.7 Å². The van der Waals surface area contributed by atoms with Crippen molar-refractivity contribution in [3.8, 4) is 5.75 Å². The maximum atomic E-state index is 13.3. The van der Waals surface area contributed by atoms with Crippen LogP contribution < -0.4 is 15.4 Å². The molecule has 0 atom stereocenters. The summed E-state index contributed by atoms with van der Waals surface area (Å²) in [5.41, 5.74) is 1.43. The SMILES string of the molecule is CNc1ncnc(Nc2cc(C)cc(F)c2)c1OC. The Labute approximate surface area is 110 Å². The number of rotatable bonds is 4. The predicted molar refractivity (Wildman–Crippen MR) is 72.6 cm³/mol. The van der Waals surface area contributed by atoms with Crippen LogP contribution in [0.25, 0.3) is 0 Å². The molecule has 1 heterocycles. The molecule has 0 saturated heterocycles. The Kier molecular flexibility index (Phi) is 3.79. The lowest BCUT2D eigenvalue weighted by Gasteiger charge is -2.13. The molecule has 5 nitrogen and oxygen atoms in total. The van der Waals surface area contributed by atoms with Gasteiger partial charge in [0.2, 0.25) is 5.75 Å². The fraction of sp³-hybridized carbons (Fsp3) is 0.231. The first-order valence-corrected chi connectivity index (χ1v) is 5.75. The molecule has 0 unspecified atom stereocenters. The second-order valence-electron chi connectivity index (χ2n) is 4.00. The zero-order chi connectivity index (χ0) is 13.8. The fourth-order valence-corrected chi connectivity index (χ4v) is 1.78. The van der Waals surface area contributed by atoms with Gasteiger partial charge in [0.1, 0.15) is 12.1 Å². The molecule has 0 bridgehead atoms. The number of hydrogen-bond donors (Lipinski definition) is 2. The van der Waals surface area contributed by atoms with E-state index in [0.29, 0.717) is 23.1 Å². The van der Waals surface area contributed by atoms with Gasteiger partial charge in [0.15, 0.2) is 11.6 Å². The zero-order valence-corrected chi connectivity index (χ0v) is 11.0. The average molecular weight is 262 g/mol. The highest BCUT2D eigenvalue weighted by molar-refractivity contribution is 5.69. The molecular formula is C13H15FN4O. The summed E-state index contributed by atoms with van der Waals surface area (Å²) in [6.07, 6.45) is 1.41. The molecule has 0 amide bonds. The summed E-state index contributed by atoms with van der Waals surface area (Å²) in [5, 5.41) is 5.93. The molecule has 0 spiro atoms. The van der Waals surface area contributed by atoms with Crippen molar-refractivity contribution in [2.45, 2.75) is 6.92 Å². The summed E-state index contributed by atoms with van der Waals surface area (Å²) in [7, 11) is 3.27. The highest BCUT2D eigenvalue weighted by Gasteiger charge is 2.11. The van der Waals surface area contributed by atoms with Gasteiger partial charge < -0.3 is 15.4 Å². The zero-order valence-electron chi connectivity index (χ0n) is 11.0. The normalized spacial score (nSPS) is 10.1. The van der Waals surface area contributed by atoms with Crippen LogP contribution in [0.3, 0.4) is 0 Å². The van der Waals surface area contributed by atoms with Crippen molar-refractivity contribution in [1.29, 1.82) is 0 Å². The van der Waals surface area contributed by atoms with Crippen LogP contribution >= 0.6 is 0 Å². The van der Waals surface area contributed by atoms with E-state index in [1.165, 1.54) is 25.6 Å². The minimum Gasteiger partial charge on any atom is -0.490 e. The largest absolute Gasteiger partial charge is 0.490 e. The van der Waals surface area contributed by atoms with Crippen molar-refractivity contribution >= 4 is 17.3 Å². The number of nitrogens with one attached hydrogen (secondary N) is 2. The number of methoxy groups -OCH3 is 1. The molecule has 0 aliphatic rings. The van der Waals surface area contributed by atoms with Crippen molar-refractivity contribution < 1.29 is 9.13 Å². The summed E-state index contributed by atoms with van der Waals surface area (Å²) in [5.74, 6) is 1.22. The van der Waals surface area contributed by atoms with E-state index in [9.17, 15) is 4.39 Å². The van der Waals surface area contributed by atoms with Crippen LogP contribution in [0.1, 0.15) is 5.56 Å². The van der Waals surface area contributed by atoms with Gasteiger partial charge in [0, 0.05) is 12.7 Å². The third-order valence-electron chi connectivity index (χ3n) is 2.55. The Bertz CT molecular complexity index is 569. The van der Waals surface area contributed by atoms with Crippen molar-refractivity contribution in [3.05, 3.63) is 35.9 Å². The molecule has 0 aliphatic carbocycles. The molecule has 19 heavy (non-hydrogen) atoms. The maximum absolute atomic E-state index is 13.3. The lowest BCUT2D eigenvalue weighted by molar-refractivity contribution is 0.415. The number of benzene rings is 1. The Morgan fingerprint density at radius 3 is 2.53 bits per heavy atom. The number of aromatic nitrogens is 2. The van der Waals surface area contributed by atoms with E-state index in [0.717, 1.165) is 5.56 Å². The number of nitrogens with zero attached hydrogens (tertiary/aromatic N) is 2. The number of halogens is 1. The van der Waals surface area contributed by atoms with Gasteiger partial charge in [-0.05, 0) is 30.7 Å². The lowest BCUT2D eigenvalue weighted by atomic mass is 10.2. The molecule has 6 heteroatoms. The average Bonchev–Trinajstić information content (AvgIpc) is 2.37. The molecule has 0 saturated carbocycles. The number of aryl methyl sites for hydroxylation is 1. The van der Waals surface area contributed by atoms with Gasteiger partial charge in [-0.15, -0.1) is 0 Å². The van der Waals surface area contributed by atoms with Crippen LogP contribution in [-0.4, -0.2) is 24.1 Å². The first-order valence-electron chi connectivity index (χ1n) is 5.75. The molecule has 1 aromatic heterocycles. The van der Waals surface area contributed by atoms with E-state index in [1.54, 1.807) is 7.05 Å². The van der Waals surface area contributed by atoms with Gasteiger partial charge in [-0.1, -0.05) is 0 Å². The van der Waals surface area contributed by atoms with Crippen molar-refractivity contribution in [3.63, 3.8) is 0 Å². The molecular weight excluding hydrogens is 247 g/mol. The minimum atomic E-state index is -0.302. The highest BCUT2D eigenvalue weighted by atomic mass is 19.1. The van der Waals surface area contributed by atoms with Gasteiger partial charge in [0.05, 0.1) is 7.11 Å². The van der Waals surface area contributed by atoms with E-state index < -0.39 is 0 Å². The summed E-state index contributed by atoms with van der Waals surface area (Å²) in [4.78, 5) is 8.15. The summed E-state index contributed by atoms with van der Waals surface area (Å²) in [6, 6.07) is 4.68. The van der Waals surface area contributed by atoms with E-state index >= 15 is 0 Å². The van der Waals surface area contributed by atoms with E-state index in [1.807, 2.05) is 13.0 Å². The molecule has 2 rings (SSSR count). The van der Waals surface area contributed by atoms with Crippen LogP contribution in [0.2, 0.25) is 0 Å². The fourth-order valence-electron chi connectivity index (χ4n) is 1.78. The van der Waals surface area contributed by atoms with Crippen molar-refractivity contribution in [1.82, 2.24) is 9.97 Å². The van der Waals surface area contributed by atoms with Gasteiger partial charge in [-0.3, -0.25) is 0 Å². The molecule has 100 valence electrons. The Hall–Kier alpha value is -2.37. The summed E-state index contributed by atoms with van der Waals surface area (Å²) >= 11 is 0. The predicted octanol–water partition coefficient (Wildman–Crippen LogP) is 2.72. The number of ether oxygens (including phenoxy) is 1. The van der Waals surface area contributed by atoms with Crippen LogP contribution in [0.4, 0.5) is 21.7 Å². The maximum Gasteiger partial charge on any atom is 0.204 e. The van der Waals surface area contributed by atoms with E-state index in [4.69, 9.17) is 4.74 Å². The number of hydrogen-bond acceptors (Lipinski definition) is 5. The first kappa shape index (κ1) is 13.1. The molecule has 0 fully saturated rings. The van der Waals surface area contributed by atoms with Gasteiger partial charge in [-0.25, -0.2) is 14.4 Å². The third kappa shape index (κ3) is 2.90. The molecule has 2 N–H and O–H groups in total. The second-order valence-corrected chi connectivity index (χ2v) is 4.00. The van der Waals surface area contributed by atoms with Crippen LogP contribution in [0.5, 0.6) is 5.75 Å². The Morgan fingerprint density at radius 1 is 1.16 bits per heavy atom. The van der Waals surface area contributed by atoms with Gasteiger partial charge in [-0.2, -0.15) is 0 Å². The lowest BCUT2D eigenvalue weighted by Crippen LogP contribution is -2.03. The Morgan fingerprint density at radius 2 is 1.89 bits per heavy atom. The van der Waals surface area contributed by atoms with Gasteiger partial charge in [0.25, 0.3) is 0 Å². The smallest absolute Gasteiger partial charge is 0.204 e. The minimum absolute atomic E-state index is 0.302. The van der Waals surface area contributed by atoms with E-state index in [-0.39, 0.29) is 5.82 Å². The third-order valence-corrected chi connectivity index (χ3v) is 2.55. The molecule has 0 aliphatic heterocycles. The van der Waals surface area contributed by atoms with Crippen molar-refractivity contribution in [2.24, 2.45) is 0 Å². The van der Waals surface area contributed by atoms with Crippen LogP contribution in [-0.2, 0) is 0 Å². The topological polar surface area (TPSA) is 59.1 Å². The summed E-state index contributed by atoms with van der Waals surface area (Å²) < 4.78 is 18.6. The molecule has 2 aromatic rings. The second kappa shape index (κ2) is 5.51. The highest BCUT2D eigenvalue weighted by Crippen LogP contribution is 2.31. The van der Waals surface area contributed by atoms with Crippen molar-refractivity contribution in [2.75, 3.05) is 24.8 Å². The summed E-state index contributed by atoms with van der Waals surface area (Å²) in [6.45, 7) is 1.82. The quantitative estimate of drug-likeness (QED) is 0.887. The van der Waals surface area contributed by atoms with E-state index in [2.05, 4.69) is 20.6 Å². The standard InChI is InChI=1S/C13H15FN4O/c1-8-4-9(14)6-10(5-8)18-13-11(19-3)12(15-2)16-7-17-13/h4-7H,1-3H3,(H2,15,16,17,18). The van der Waals surface area contributed by atoms with Crippen LogP contribution in [0.15, 0.2) is 24.5 Å². The monoisotopic (exact) mass is 262 g/mol. The molecule has 1 aromatic carbocycles. The molecule has 0 radical (unpaired) electrons. The number of anilines is 3. The Balaban J connectivity index is 2.37. The first-order chi connectivity index (χ1) is 9.13. The van der Waals surface area contributed by atoms with Gasteiger partial charge >= 0.3 is 0 Å².